The van der Waals surface area contributed by atoms with Crippen molar-refractivity contribution in [3.8, 4) is 5.75 Å². The molecular formula is C19H21N7O. The van der Waals surface area contributed by atoms with Gasteiger partial charge >= 0.3 is 0 Å². The van der Waals surface area contributed by atoms with Crippen LogP contribution < -0.4 is 20.7 Å². The molecule has 0 spiro atoms. The molecule has 0 unspecified atom stereocenters. The number of fused-ring (bicyclic) bond motifs is 1. The van der Waals surface area contributed by atoms with Gasteiger partial charge in [-0.15, -0.1) is 0 Å². The number of rotatable bonds is 7. The second kappa shape index (κ2) is 8.13. The molecule has 4 N–H and O–H groups in total. The van der Waals surface area contributed by atoms with Crippen LogP contribution in [0.25, 0.3) is 16.5 Å². The van der Waals surface area contributed by atoms with Crippen LogP contribution in [0.15, 0.2) is 42.9 Å². The number of methoxy groups -OCH3 is 1. The van der Waals surface area contributed by atoms with Crippen LogP contribution in [0.4, 0.5) is 17.5 Å². The zero-order valence-electron chi connectivity index (χ0n) is 15.4. The van der Waals surface area contributed by atoms with Crippen LogP contribution >= 0.6 is 0 Å². The summed E-state index contributed by atoms with van der Waals surface area (Å²) in [5.74, 6) is 1.75. The Morgan fingerprint density at radius 3 is 2.74 bits per heavy atom. The minimum absolute atomic E-state index is 0.441. The lowest BCUT2D eigenvalue weighted by Crippen LogP contribution is -2.02. The maximum Gasteiger partial charge on any atom is 0.227 e. The lowest BCUT2D eigenvalue weighted by molar-refractivity contribution is 0.416. The van der Waals surface area contributed by atoms with E-state index in [0.717, 1.165) is 27.7 Å². The van der Waals surface area contributed by atoms with E-state index in [4.69, 9.17) is 10.1 Å². The van der Waals surface area contributed by atoms with Crippen molar-refractivity contribution in [2.75, 3.05) is 31.8 Å². The largest absolute Gasteiger partial charge is 0.495 e. The quantitative estimate of drug-likeness (QED) is 0.478. The second-order valence-electron chi connectivity index (χ2n) is 5.61. The number of nitrogens with zero attached hydrogens (tertiary/aromatic N) is 3. The molecule has 3 rings (SSSR count). The minimum atomic E-state index is 0.441. The minimum Gasteiger partial charge on any atom is -0.495 e. The Morgan fingerprint density at radius 2 is 2.04 bits per heavy atom. The molecule has 2 aromatic heterocycles. The first kappa shape index (κ1) is 18.1. The van der Waals surface area contributed by atoms with E-state index in [9.17, 15) is 0 Å². The van der Waals surface area contributed by atoms with Crippen LogP contribution in [0.3, 0.4) is 0 Å². The first-order valence-electron chi connectivity index (χ1n) is 8.33. The van der Waals surface area contributed by atoms with Gasteiger partial charge in [-0.25, -0.2) is 15.0 Å². The average molecular weight is 363 g/mol. The summed E-state index contributed by atoms with van der Waals surface area (Å²) in [6.45, 7) is 0. The highest BCUT2D eigenvalue weighted by molar-refractivity contribution is 6.08. The van der Waals surface area contributed by atoms with Gasteiger partial charge in [-0.05, 0) is 23.8 Å². The van der Waals surface area contributed by atoms with Gasteiger partial charge in [-0.3, -0.25) is 0 Å². The van der Waals surface area contributed by atoms with Gasteiger partial charge < -0.3 is 26.1 Å². The molecule has 0 amide bonds. The van der Waals surface area contributed by atoms with E-state index in [1.54, 1.807) is 39.8 Å². The Kier molecular flexibility index (Phi) is 5.46. The van der Waals surface area contributed by atoms with Crippen molar-refractivity contribution in [1.82, 2.24) is 20.3 Å². The first-order valence-corrected chi connectivity index (χ1v) is 8.33. The summed E-state index contributed by atoms with van der Waals surface area (Å²) in [5, 5.41) is 17.6. The topological polar surface area (TPSA) is 108 Å². The molecule has 1 aromatic carbocycles. The predicted octanol–water partition coefficient (Wildman–Crippen LogP) is 3.03. The molecule has 27 heavy (non-hydrogen) atoms. The first-order chi connectivity index (χ1) is 13.2. The van der Waals surface area contributed by atoms with Gasteiger partial charge in [0.05, 0.1) is 12.8 Å². The molecule has 8 heteroatoms. The van der Waals surface area contributed by atoms with Crippen LogP contribution in [0, 0.1) is 5.41 Å². The SMILES string of the molecule is CN/C=C(\C=N)c1ccc(Nc2ncc3ccnc(NC)c3n2)c(OC)c1. The number of anilines is 3. The molecule has 3 aromatic rings. The third-order valence-electron chi connectivity index (χ3n) is 3.97. The van der Waals surface area contributed by atoms with E-state index >= 15 is 0 Å². The number of allylic oxidation sites excluding steroid dienone is 1. The molecule has 0 aliphatic heterocycles. The van der Waals surface area contributed by atoms with Gasteiger partial charge in [-0.2, -0.15) is 0 Å². The van der Waals surface area contributed by atoms with Crippen molar-refractivity contribution in [3.63, 3.8) is 0 Å². The number of ether oxygens (including phenoxy) is 1. The van der Waals surface area contributed by atoms with Crippen LogP contribution in [0.1, 0.15) is 5.56 Å². The Balaban J connectivity index is 1.96. The van der Waals surface area contributed by atoms with Crippen LogP contribution in [0.5, 0.6) is 5.75 Å². The summed E-state index contributed by atoms with van der Waals surface area (Å²) in [5.41, 5.74) is 3.07. The fraction of sp³-hybridized carbons (Fsp3) is 0.158. The molecule has 2 heterocycles. The van der Waals surface area contributed by atoms with E-state index < -0.39 is 0 Å². The molecule has 8 nitrogen and oxygen atoms in total. The molecule has 0 saturated carbocycles. The van der Waals surface area contributed by atoms with E-state index in [-0.39, 0.29) is 0 Å². The highest BCUT2D eigenvalue weighted by atomic mass is 16.5. The molecule has 0 radical (unpaired) electrons. The van der Waals surface area contributed by atoms with Gasteiger partial charge in [0.15, 0.2) is 5.82 Å². The summed E-state index contributed by atoms with van der Waals surface area (Å²) in [7, 11) is 5.20. The fourth-order valence-corrected chi connectivity index (χ4v) is 2.66. The monoisotopic (exact) mass is 363 g/mol. The van der Waals surface area contributed by atoms with E-state index in [2.05, 4.69) is 30.9 Å². The smallest absolute Gasteiger partial charge is 0.227 e. The normalized spacial score (nSPS) is 11.1. The van der Waals surface area contributed by atoms with E-state index in [1.807, 2.05) is 24.3 Å². The third-order valence-corrected chi connectivity index (χ3v) is 3.97. The summed E-state index contributed by atoms with van der Waals surface area (Å²) in [4.78, 5) is 13.2. The average Bonchev–Trinajstić information content (AvgIpc) is 2.71. The van der Waals surface area contributed by atoms with Crippen molar-refractivity contribution < 1.29 is 4.74 Å². The standard InChI is InChI=1S/C19H21N7O/c1-21-10-14(9-20)12-4-5-15(16(8-12)27-3)25-19-24-11-13-6-7-23-18(22-2)17(13)26-19/h4-11,20-21H,1-3H3,(H,22,23)(H,24,25,26)/b14-10+,20-9?. The zero-order valence-corrected chi connectivity index (χ0v) is 15.4. The van der Waals surface area contributed by atoms with Crippen LogP contribution in [-0.2, 0) is 0 Å². The Bertz CT molecular complexity index is 1000. The van der Waals surface area contributed by atoms with Crippen molar-refractivity contribution in [3.05, 3.63) is 48.4 Å². The highest BCUT2D eigenvalue weighted by Gasteiger charge is 2.10. The number of hydrogen-bond acceptors (Lipinski definition) is 8. The lowest BCUT2D eigenvalue weighted by Gasteiger charge is -2.13. The number of pyridine rings is 1. The van der Waals surface area contributed by atoms with Crippen molar-refractivity contribution in [1.29, 1.82) is 5.41 Å². The molecule has 0 aliphatic carbocycles. The van der Waals surface area contributed by atoms with Gasteiger partial charge in [-0.1, -0.05) is 6.07 Å². The Labute approximate surface area is 157 Å². The van der Waals surface area contributed by atoms with Crippen LogP contribution in [0.2, 0.25) is 0 Å². The molecular weight excluding hydrogens is 342 g/mol. The number of nitrogens with one attached hydrogen (secondary N) is 4. The summed E-state index contributed by atoms with van der Waals surface area (Å²) in [6, 6.07) is 7.50. The van der Waals surface area contributed by atoms with Crippen molar-refractivity contribution >= 4 is 40.1 Å². The predicted molar refractivity (Wildman–Crippen MR) is 109 cm³/mol. The summed E-state index contributed by atoms with van der Waals surface area (Å²) in [6.07, 6.45) is 6.51. The second-order valence-corrected chi connectivity index (χ2v) is 5.61. The van der Waals surface area contributed by atoms with Gasteiger partial charge in [0.25, 0.3) is 0 Å². The molecule has 138 valence electrons. The summed E-state index contributed by atoms with van der Waals surface area (Å²) < 4.78 is 5.50. The maximum atomic E-state index is 7.55. The molecule has 0 fully saturated rings. The molecule has 0 atom stereocenters. The number of aromatic nitrogens is 3. The lowest BCUT2D eigenvalue weighted by atomic mass is 10.1. The number of hydrogen-bond donors (Lipinski definition) is 4. The zero-order chi connectivity index (χ0) is 19.2. The van der Waals surface area contributed by atoms with Gasteiger partial charge in [0.1, 0.15) is 11.3 Å². The molecule has 0 saturated heterocycles. The van der Waals surface area contributed by atoms with Gasteiger partial charge in [0.2, 0.25) is 5.95 Å². The van der Waals surface area contributed by atoms with E-state index in [1.165, 1.54) is 6.21 Å². The Morgan fingerprint density at radius 1 is 1.19 bits per heavy atom. The number of benzene rings is 1. The Hall–Kier alpha value is -3.68. The molecule has 0 bridgehead atoms. The third kappa shape index (κ3) is 3.79. The highest BCUT2D eigenvalue weighted by Crippen LogP contribution is 2.30. The van der Waals surface area contributed by atoms with Crippen LogP contribution in [-0.4, -0.2) is 42.4 Å². The van der Waals surface area contributed by atoms with Crippen molar-refractivity contribution in [2.24, 2.45) is 0 Å². The maximum absolute atomic E-state index is 7.55. The van der Waals surface area contributed by atoms with Crippen molar-refractivity contribution in [2.45, 2.75) is 0 Å². The summed E-state index contributed by atoms with van der Waals surface area (Å²) >= 11 is 0. The van der Waals surface area contributed by atoms with Gasteiger partial charge in [0, 0.05) is 49.9 Å². The van der Waals surface area contributed by atoms with E-state index in [0.29, 0.717) is 17.5 Å². The molecule has 0 aliphatic rings. The fourth-order valence-electron chi connectivity index (χ4n) is 2.66.